The number of nitrogens with one attached hydrogen (secondary N) is 1. The van der Waals surface area contributed by atoms with E-state index in [2.05, 4.69) is 37.1 Å². The van der Waals surface area contributed by atoms with Crippen molar-refractivity contribution in [1.29, 1.82) is 5.26 Å². The lowest BCUT2D eigenvalue weighted by Gasteiger charge is -2.32. The van der Waals surface area contributed by atoms with Crippen LogP contribution in [0.4, 0.5) is 0 Å². The van der Waals surface area contributed by atoms with Crippen LogP contribution in [0, 0.1) is 17.2 Å². The SMILES string of the molecule is CCCC1CCN(CCCCC(C)(C#N)NC(C)C)CC1. The monoisotopic (exact) mass is 293 g/mol. The first-order valence-corrected chi connectivity index (χ1v) is 8.90. The van der Waals surface area contributed by atoms with Crippen molar-refractivity contribution in [1.82, 2.24) is 10.2 Å². The third-order valence-corrected chi connectivity index (χ3v) is 4.66. The van der Waals surface area contributed by atoms with Gasteiger partial charge in [0, 0.05) is 6.04 Å². The molecule has 0 amide bonds. The minimum atomic E-state index is -0.359. The first kappa shape index (κ1) is 18.5. The second-order valence-electron chi connectivity index (χ2n) is 7.27. The van der Waals surface area contributed by atoms with Crippen LogP contribution in [-0.4, -0.2) is 36.1 Å². The van der Waals surface area contributed by atoms with E-state index in [9.17, 15) is 5.26 Å². The number of hydrogen-bond acceptors (Lipinski definition) is 3. The lowest BCUT2D eigenvalue weighted by molar-refractivity contribution is 0.174. The highest BCUT2D eigenvalue weighted by molar-refractivity contribution is 5.04. The molecule has 3 nitrogen and oxygen atoms in total. The van der Waals surface area contributed by atoms with Gasteiger partial charge in [-0.05, 0) is 78.4 Å². The van der Waals surface area contributed by atoms with Gasteiger partial charge in [-0.15, -0.1) is 0 Å². The molecule has 1 unspecified atom stereocenters. The van der Waals surface area contributed by atoms with Gasteiger partial charge >= 0.3 is 0 Å². The summed E-state index contributed by atoms with van der Waals surface area (Å²) >= 11 is 0. The summed E-state index contributed by atoms with van der Waals surface area (Å²) in [6.45, 7) is 12.3. The smallest absolute Gasteiger partial charge is 0.104 e. The third kappa shape index (κ3) is 7.29. The van der Waals surface area contributed by atoms with E-state index in [4.69, 9.17) is 0 Å². The molecule has 1 saturated heterocycles. The Labute approximate surface area is 132 Å². The second-order valence-corrected chi connectivity index (χ2v) is 7.27. The maximum Gasteiger partial charge on any atom is 0.104 e. The summed E-state index contributed by atoms with van der Waals surface area (Å²) in [7, 11) is 0. The molecular weight excluding hydrogens is 258 g/mol. The molecule has 0 aromatic heterocycles. The van der Waals surface area contributed by atoms with Gasteiger partial charge in [-0.25, -0.2) is 0 Å². The molecule has 0 bridgehead atoms. The predicted molar refractivity (Wildman–Crippen MR) is 90.2 cm³/mol. The van der Waals surface area contributed by atoms with Gasteiger partial charge in [-0.3, -0.25) is 5.32 Å². The number of piperidine rings is 1. The molecule has 0 radical (unpaired) electrons. The molecule has 1 aliphatic rings. The molecule has 1 fully saturated rings. The summed E-state index contributed by atoms with van der Waals surface area (Å²) in [5, 5.41) is 12.7. The summed E-state index contributed by atoms with van der Waals surface area (Å²) < 4.78 is 0. The van der Waals surface area contributed by atoms with Crippen molar-refractivity contribution in [3.8, 4) is 6.07 Å². The van der Waals surface area contributed by atoms with E-state index in [-0.39, 0.29) is 5.54 Å². The largest absolute Gasteiger partial charge is 0.303 e. The van der Waals surface area contributed by atoms with Gasteiger partial charge in [0.15, 0.2) is 0 Å². The number of nitrogens with zero attached hydrogens (tertiary/aromatic N) is 2. The van der Waals surface area contributed by atoms with Crippen molar-refractivity contribution in [3.63, 3.8) is 0 Å². The van der Waals surface area contributed by atoms with Gasteiger partial charge in [0.2, 0.25) is 0 Å². The van der Waals surface area contributed by atoms with Crippen LogP contribution in [0.15, 0.2) is 0 Å². The van der Waals surface area contributed by atoms with Crippen LogP contribution in [0.3, 0.4) is 0 Å². The van der Waals surface area contributed by atoms with E-state index >= 15 is 0 Å². The average molecular weight is 293 g/mol. The van der Waals surface area contributed by atoms with Crippen molar-refractivity contribution in [2.24, 2.45) is 5.92 Å². The van der Waals surface area contributed by atoms with Gasteiger partial charge in [0.25, 0.3) is 0 Å². The Morgan fingerprint density at radius 2 is 1.95 bits per heavy atom. The Morgan fingerprint density at radius 1 is 1.29 bits per heavy atom. The topological polar surface area (TPSA) is 39.1 Å². The first-order chi connectivity index (χ1) is 9.99. The van der Waals surface area contributed by atoms with Crippen LogP contribution in [0.1, 0.15) is 72.6 Å². The molecule has 21 heavy (non-hydrogen) atoms. The van der Waals surface area contributed by atoms with E-state index in [0.29, 0.717) is 6.04 Å². The lowest BCUT2D eigenvalue weighted by atomic mass is 9.92. The third-order valence-electron chi connectivity index (χ3n) is 4.66. The normalized spacial score (nSPS) is 20.4. The molecule has 122 valence electrons. The first-order valence-electron chi connectivity index (χ1n) is 8.90. The molecule has 1 N–H and O–H groups in total. The Morgan fingerprint density at radius 3 is 2.48 bits per heavy atom. The van der Waals surface area contributed by atoms with Crippen LogP contribution in [0.2, 0.25) is 0 Å². The number of likely N-dealkylation sites (tertiary alicyclic amines) is 1. The van der Waals surface area contributed by atoms with E-state index in [1.165, 1.54) is 51.7 Å². The minimum Gasteiger partial charge on any atom is -0.303 e. The number of unbranched alkanes of at least 4 members (excludes halogenated alkanes) is 1. The maximum absolute atomic E-state index is 9.34. The number of hydrogen-bond donors (Lipinski definition) is 1. The summed E-state index contributed by atoms with van der Waals surface area (Å²) in [6, 6.07) is 2.81. The van der Waals surface area contributed by atoms with E-state index in [1.54, 1.807) is 0 Å². The van der Waals surface area contributed by atoms with E-state index in [1.807, 2.05) is 6.92 Å². The molecule has 0 saturated carbocycles. The van der Waals surface area contributed by atoms with Gasteiger partial charge in [0.05, 0.1) is 6.07 Å². The summed E-state index contributed by atoms with van der Waals surface area (Å²) in [6.07, 6.45) is 8.83. The number of nitriles is 1. The zero-order valence-corrected chi connectivity index (χ0v) is 14.6. The fourth-order valence-electron chi connectivity index (χ4n) is 3.52. The lowest BCUT2D eigenvalue weighted by Crippen LogP contribution is -2.45. The summed E-state index contributed by atoms with van der Waals surface area (Å²) in [5.74, 6) is 0.975. The molecule has 1 rings (SSSR count). The van der Waals surface area contributed by atoms with E-state index < -0.39 is 0 Å². The molecule has 3 heteroatoms. The Balaban J connectivity index is 2.16. The predicted octanol–water partition coefficient (Wildman–Crippen LogP) is 3.95. The highest BCUT2D eigenvalue weighted by Gasteiger charge is 2.24. The van der Waals surface area contributed by atoms with Crippen LogP contribution >= 0.6 is 0 Å². The Kier molecular flexibility index (Phi) is 8.29. The molecule has 0 aromatic carbocycles. The molecule has 0 aliphatic carbocycles. The van der Waals surface area contributed by atoms with Crippen LogP contribution in [-0.2, 0) is 0 Å². The van der Waals surface area contributed by atoms with Crippen molar-refractivity contribution < 1.29 is 0 Å². The van der Waals surface area contributed by atoms with Crippen molar-refractivity contribution in [2.75, 3.05) is 19.6 Å². The van der Waals surface area contributed by atoms with Crippen molar-refractivity contribution in [2.45, 2.75) is 84.2 Å². The molecule has 0 spiro atoms. The zero-order valence-electron chi connectivity index (χ0n) is 14.6. The van der Waals surface area contributed by atoms with E-state index in [0.717, 1.165) is 18.8 Å². The van der Waals surface area contributed by atoms with Gasteiger partial charge < -0.3 is 4.90 Å². The quantitative estimate of drug-likeness (QED) is 0.654. The Bertz CT molecular complexity index is 313. The fourth-order valence-corrected chi connectivity index (χ4v) is 3.52. The fraction of sp³-hybridized carbons (Fsp3) is 0.944. The second kappa shape index (κ2) is 9.43. The van der Waals surface area contributed by atoms with Crippen molar-refractivity contribution >= 4 is 0 Å². The zero-order chi connectivity index (χ0) is 15.7. The molecular formula is C18H35N3. The van der Waals surface area contributed by atoms with Crippen LogP contribution < -0.4 is 5.32 Å². The molecule has 1 atom stereocenters. The molecule has 0 aromatic rings. The van der Waals surface area contributed by atoms with Crippen molar-refractivity contribution in [3.05, 3.63) is 0 Å². The average Bonchev–Trinajstić information content (AvgIpc) is 2.45. The summed E-state index contributed by atoms with van der Waals surface area (Å²) in [5.41, 5.74) is -0.359. The minimum absolute atomic E-state index is 0.359. The summed E-state index contributed by atoms with van der Waals surface area (Å²) in [4.78, 5) is 2.62. The van der Waals surface area contributed by atoms with Gasteiger partial charge in [-0.2, -0.15) is 5.26 Å². The van der Waals surface area contributed by atoms with Gasteiger partial charge in [0.1, 0.15) is 5.54 Å². The number of rotatable bonds is 9. The standard InChI is InChI=1S/C18H35N3/c1-5-8-17-9-13-21(14-10-17)12-7-6-11-18(4,15-19)20-16(2)3/h16-17,20H,5-14H2,1-4H3. The van der Waals surface area contributed by atoms with Crippen LogP contribution in [0.25, 0.3) is 0 Å². The highest BCUT2D eigenvalue weighted by Crippen LogP contribution is 2.22. The molecule has 1 heterocycles. The van der Waals surface area contributed by atoms with Gasteiger partial charge in [-0.1, -0.05) is 19.8 Å². The maximum atomic E-state index is 9.34. The highest BCUT2D eigenvalue weighted by atomic mass is 15.1. The van der Waals surface area contributed by atoms with Crippen LogP contribution in [0.5, 0.6) is 0 Å². The molecule has 1 aliphatic heterocycles. The Hall–Kier alpha value is -0.590.